The Labute approximate surface area is 177 Å². The van der Waals surface area contributed by atoms with Gasteiger partial charge < -0.3 is 20.7 Å². The molecule has 1 aromatic carbocycles. The SMILES string of the molecule is CN=C(NCCCOCC1CC1)NCCNC(=O)c1ccccc1Cl.I. The second kappa shape index (κ2) is 13.2. The fourth-order valence-corrected chi connectivity index (χ4v) is 2.46. The summed E-state index contributed by atoms with van der Waals surface area (Å²) < 4.78 is 5.59. The number of rotatable bonds is 10. The quantitative estimate of drug-likeness (QED) is 0.202. The minimum atomic E-state index is -0.178. The Balaban J connectivity index is 0.00000338. The lowest BCUT2D eigenvalue weighted by molar-refractivity contribution is 0.0954. The molecule has 0 heterocycles. The zero-order valence-electron chi connectivity index (χ0n) is 15.1. The fraction of sp³-hybridized carbons (Fsp3) is 0.556. The molecule has 0 aliphatic heterocycles. The average Bonchev–Trinajstić information content (AvgIpc) is 3.44. The van der Waals surface area contributed by atoms with E-state index in [0.29, 0.717) is 29.6 Å². The van der Waals surface area contributed by atoms with Crippen LogP contribution in [0.1, 0.15) is 29.6 Å². The van der Waals surface area contributed by atoms with E-state index in [0.717, 1.165) is 32.1 Å². The number of halogens is 2. The van der Waals surface area contributed by atoms with Crippen LogP contribution < -0.4 is 16.0 Å². The van der Waals surface area contributed by atoms with Crippen molar-refractivity contribution < 1.29 is 9.53 Å². The monoisotopic (exact) mass is 494 g/mol. The zero-order chi connectivity index (χ0) is 17.9. The molecule has 1 aliphatic carbocycles. The zero-order valence-corrected chi connectivity index (χ0v) is 18.2. The molecule has 1 fully saturated rings. The van der Waals surface area contributed by atoms with Crippen LogP contribution in [0, 0.1) is 5.92 Å². The molecule has 146 valence electrons. The standard InChI is InChI=1S/C18H27ClN4O2.HI/c1-20-18(22-9-4-12-25-13-14-7-8-14)23-11-10-21-17(24)15-5-2-3-6-16(15)19;/h2-3,5-6,14H,4,7-13H2,1H3,(H,21,24)(H2,20,22,23);1H. The van der Waals surface area contributed by atoms with E-state index in [2.05, 4.69) is 20.9 Å². The van der Waals surface area contributed by atoms with Gasteiger partial charge in [0.1, 0.15) is 0 Å². The first kappa shape index (κ1) is 23.0. The third-order valence-electron chi connectivity index (χ3n) is 3.85. The van der Waals surface area contributed by atoms with Crippen LogP contribution >= 0.6 is 35.6 Å². The lowest BCUT2D eigenvalue weighted by Crippen LogP contribution is -2.42. The Morgan fingerprint density at radius 1 is 1.19 bits per heavy atom. The molecular weight excluding hydrogens is 467 g/mol. The van der Waals surface area contributed by atoms with Crippen molar-refractivity contribution in [2.45, 2.75) is 19.3 Å². The van der Waals surface area contributed by atoms with Gasteiger partial charge in [-0.3, -0.25) is 9.79 Å². The summed E-state index contributed by atoms with van der Waals surface area (Å²) in [6.45, 7) is 3.53. The van der Waals surface area contributed by atoms with Crippen molar-refractivity contribution in [2.24, 2.45) is 10.9 Å². The van der Waals surface area contributed by atoms with Gasteiger partial charge in [-0.1, -0.05) is 23.7 Å². The van der Waals surface area contributed by atoms with Crippen LogP contribution in [0.2, 0.25) is 5.02 Å². The third kappa shape index (κ3) is 9.05. The van der Waals surface area contributed by atoms with Crippen molar-refractivity contribution in [2.75, 3.05) is 39.9 Å². The van der Waals surface area contributed by atoms with Gasteiger partial charge in [-0.25, -0.2) is 0 Å². The van der Waals surface area contributed by atoms with E-state index >= 15 is 0 Å². The number of aliphatic imine (C=N–C) groups is 1. The Morgan fingerprint density at radius 3 is 2.58 bits per heavy atom. The van der Waals surface area contributed by atoms with Crippen LogP contribution in [0.4, 0.5) is 0 Å². The van der Waals surface area contributed by atoms with Crippen LogP contribution in [-0.2, 0) is 4.74 Å². The number of carbonyl (C=O) groups excluding carboxylic acids is 1. The summed E-state index contributed by atoms with van der Waals surface area (Å²) in [7, 11) is 1.72. The van der Waals surface area contributed by atoms with E-state index in [1.165, 1.54) is 12.8 Å². The van der Waals surface area contributed by atoms with Gasteiger partial charge in [0.25, 0.3) is 5.91 Å². The largest absolute Gasteiger partial charge is 0.381 e. The van der Waals surface area contributed by atoms with E-state index < -0.39 is 0 Å². The van der Waals surface area contributed by atoms with E-state index in [1.807, 2.05) is 0 Å². The number of amides is 1. The van der Waals surface area contributed by atoms with E-state index in [9.17, 15) is 4.79 Å². The van der Waals surface area contributed by atoms with Gasteiger partial charge >= 0.3 is 0 Å². The summed E-state index contributed by atoms with van der Waals surface area (Å²) in [5, 5.41) is 9.67. The highest BCUT2D eigenvalue weighted by atomic mass is 127. The second-order valence-corrected chi connectivity index (χ2v) is 6.44. The van der Waals surface area contributed by atoms with Crippen molar-refractivity contribution >= 4 is 47.4 Å². The molecule has 26 heavy (non-hydrogen) atoms. The van der Waals surface area contributed by atoms with Crippen LogP contribution in [0.3, 0.4) is 0 Å². The summed E-state index contributed by atoms with van der Waals surface area (Å²) in [6.07, 6.45) is 3.58. The Bertz CT molecular complexity index is 582. The Morgan fingerprint density at radius 2 is 1.88 bits per heavy atom. The highest BCUT2D eigenvalue weighted by Gasteiger charge is 2.20. The van der Waals surface area contributed by atoms with Crippen molar-refractivity contribution in [3.8, 4) is 0 Å². The van der Waals surface area contributed by atoms with Crippen molar-refractivity contribution in [1.29, 1.82) is 0 Å². The highest BCUT2D eigenvalue weighted by molar-refractivity contribution is 14.0. The maximum Gasteiger partial charge on any atom is 0.252 e. The molecule has 0 atom stereocenters. The molecule has 0 bridgehead atoms. The van der Waals surface area contributed by atoms with Crippen LogP contribution in [-0.4, -0.2) is 51.8 Å². The molecule has 0 radical (unpaired) electrons. The molecule has 6 nitrogen and oxygen atoms in total. The maximum absolute atomic E-state index is 12.0. The summed E-state index contributed by atoms with van der Waals surface area (Å²) in [5.74, 6) is 1.35. The molecule has 1 saturated carbocycles. The number of guanidine groups is 1. The minimum Gasteiger partial charge on any atom is -0.381 e. The Hall–Kier alpha value is -1.06. The normalized spacial score (nSPS) is 13.7. The lowest BCUT2D eigenvalue weighted by atomic mass is 10.2. The van der Waals surface area contributed by atoms with E-state index in [1.54, 1.807) is 31.3 Å². The van der Waals surface area contributed by atoms with Crippen molar-refractivity contribution in [1.82, 2.24) is 16.0 Å². The smallest absolute Gasteiger partial charge is 0.252 e. The molecule has 1 aliphatic rings. The molecule has 0 spiro atoms. The Kier molecular flexibility index (Phi) is 11.6. The molecule has 1 aromatic rings. The van der Waals surface area contributed by atoms with Gasteiger partial charge in [-0.15, -0.1) is 24.0 Å². The van der Waals surface area contributed by atoms with Crippen molar-refractivity contribution in [3.63, 3.8) is 0 Å². The van der Waals surface area contributed by atoms with Gasteiger partial charge in [0, 0.05) is 39.9 Å². The molecule has 0 aromatic heterocycles. The fourth-order valence-electron chi connectivity index (χ4n) is 2.23. The second-order valence-electron chi connectivity index (χ2n) is 6.03. The van der Waals surface area contributed by atoms with Crippen LogP contribution in [0.5, 0.6) is 0 Å². The van der Waals surface area contributed by atoms with Crippen molar-refractivity contribution in [3.05, 3.63) is 34.9 Å². The predicted molar refractivity (Wildman–Crippen MR) is 117 cm³/mol. The van der Waals surface area contributed by atoms with Crippen LogP contribution in [0.25, 0.3) is 0 Å². The molecule has 0 saturated heterocycles. The van der Waals surface area contributed by atoms with Gasteiger partial charge in [0.2, 0.25) is 0 Å². The first-order chi connectivity index (χ1) is 12.2. The number of nitrogens with one attached hydrogen (secondary N) is 3. The minimum absolute atomic E-state index is 0. The topological polar surface area (TPSA) is 74.8 Å². The molecule has 3 N–H and O–H groups in total. The first-order valence-corrected chi connectivity index (χ1v) is 9.13. The molecular formula is C18H28ClIN4O2. The number of ether oxygens (including phenoxy) is 1. The van der Waals surface area contributed by atoms with Gasteiger partial charge in [-0.2, -0.15) is 0 Å². The van der Waals surface area contributed by atoms with Crippen LogP contribution in [0.15, 0.2) is 29.3 Å². The molecule has 0 unspecified atom stereocenters. The predicted octanol–water partition coefficient (Wildman–Crippen LogP) is 2.67. The lowest BCUT2D eigenvalue weighted by Gasteiger charge is -2.12. The van der Waals surface area contributed by atoms with Gasteiger partial charge in [0.05, 0.1) is 10.6 Å². The average molecular weight is 495 g/mol. The molecule has 8 heteroatoms. The first-order valence-electron chi connectivity index (χ1n) is 8.75. The third-order valence-corrected chi connectivity index (χ3v) is 4.18. The number of hydrogen-bond acceptors (Lipinski definition) is 3. The van der Waals surface area contributed by atoms with E-state index in [-0.39, 0.29) is 29.9 Å². The summed E-state index contributed by atoms with van der Waals surface area (Å²) in [4.78, 5) is 16.2. The summed E-state index contributed by atoms with van der Waals surface area (Å²) >= 11 is 6.00. The molecule has 1 amide bonds. The summed E-state index contributed by atoms with van der Waals surface area (Å²) in [6, 6.07) is 7.00. The maximum atomic E-state index is 12.0. The highest BCUT2D eigenvalue weighted by Crippen LogP contribution is 2.28. The van der Waals surface area contributed by atoms with Gasteiger partial charge in [0.15, 0.2) is 5.96 Å². The number of carbonyl (C=O) groups is 1. The molecule has 2 rings (SSSR count). The van der Waals surface area contributed by atoms with Gasteiger partial charge in [-0.05, 0) is 37.3 Å². The summed E-state index contributed by atoms with van der Waals surface area (Å²) in [5.41, 5.74) is 0.484. The number of nitrogens with zero attached hydrogens (tertiary/aromatic N) is 1. The van der Waals surface area contributed by atoms with E-state index in [4.69, 9.17) is 16.3 Å². The number of benzene rings is 1. The number of hydrogen-bond donors (Lipinski definition) is 3.